The number of nitrogens with zero attached hydrogens (tertiary/aromatic N) is 2. The topological polar surface area (TPSA) is 93.2 Å². The van der Waals surface area contributed by atoms with E-state index in [4.69, 9.17) is 4.74 Å². The van der Waals surface area contributed by atoms with Gasteiger partial charge in [0.2, 0.25) is 11.8 Å². The fourth-order valence-corrected chi connectivity index (χ4v) is 2.31. The van der Waals surface area contributed by atoms with Crippen LogP contribution >= 0.6 is 0 Å². The molecule has 0 aliphatic carbocycles. The van der Waals surface area contributed by atoms with Gasteiger partial charge in [-0.15, -0.1) is 0 Å². The molecular formula is C20H18N4O3. The average Bonchev–Trinajstić information content (AvgIpc) is 2.68. The average molecular weight is 362 g/mol. The molecule has 3 rings (SSSR count). The smallest absolute Gasteiger partial charge is 0.258 e. The Kier molecular flexibility index (Phi) is 5.41. The molecule has 0 aliphatic rings. The van der Waals surface area contributed by atoms with Crippen molar-refractivity contribution in [2.75, 3.05) is 17.7 Å². The van der Waals surface area contributed by atoms with Crippen molar-refractivity contribution in [2.24, 2.45) is 0 Å². The molecule has 27 heavy (non-hydrogen) atoms. The molecule has 0 atom stereocenters. The molecule has 0 unspecified atom stereocenters. The van der Waals surface area contributed by atoms with E-state index in [2.05, 4.69) is 20.6 Å². The maximum atomic E-state index is 12.4. The summed E-state index contributed by atoms with van der Waals surface area (Å²) in [5, 5.41) is 5.29. The summed E-state index contributed by atoms with van der Waals surface area (Å²) in [6.45, 7) is 1.94. The molecule has 1 aromatic heterocycles. The molecule has 136 valence electrons. The van der Waals surface area contributed by atoms with Crippen LogP contribution in [0.1, 0.15) is 26.3 Å². The van der Waals surface area contributed by atoms with Gasteiger partial charge in [-0.1, -0.05) is 35.9 Å². The van der Waals surface area contributed by atoms with E-state index in [1.165, 1.54) is 13.2 Å². The van der Waals surface area contributed by atoms with Crippen molar-refractivity contribution < 1.29 is 14.3 Å². The van der Waals surface area contributed by atoms with Crippen LogP contribution in [0.15, 0.2) is 60.7 Å². The van der Waals surface area contributed by atoms with Gasteiger partial charge in [0.25, 0.3) is 11.8 Å². The summed E-state index contributed by atoms with van der Waals surface area (Å²) < 4.78 is 5.13. The number of carbonyl (C=O) groups excluding carboxylic acids is 2. The molecule has 2 amide bonds. The lowest BCUT2D eigenvalue weighted by molar-refractivity contribution is 0.101. The zero-order chi connectivity index (χ0) is 19.2. The maximum absolute atomic E-state index is 12.4. The Morgan fingerprint density at radius 3 is 2.15 bits per heavy atom. The SMILES string of the molecule is COc1cc(NC(=O)c2ccc(C)cc2)nc(NC(=O)c2ccccc2)n1. The third-order valence-electron chi connectivity index (χ3n) is 3.73. The number of carbonyl (C=O) groups is 2. The number of benzene rings is 2. The van der Waals surface area contributed by atoms with Crippen LogP contribution in [0.25, 0.3) is 0 Å². The summed E-state index contributed by atoms with van der Waals surface area (Å²) in [5.74, 6) is -0.221. The van der Waals surface area contributed by atoms with Crippen molar-refractivity contribution >= 4 is 23.6 Å². The van der Waals surface area contributed by atoms with Crippen LogP contribution in [0.4, 0.5) is 11.8 Å². The van der Waals surface area contributed by atoms with Crippen LogP contribution < -0.4 is 15.4 Å². The molecule has 2 aromatic carbocycles. The Bertz CT molecular complexity index is 957. The minimum absolute atomic E-state index is 0.0300. The quantitative estimate of drug-likeness (QED) is 0.726. The normalized spacial score (nSPS) is 10.1. The van der Waals surface area contributed by atoms with Crippen LogP contribution in [-0.2, 0) is 0 Å². The first-order valence-corrected chi connectivity index (χ1v) is 8.22. The van der Waals surface area contributed by atoms with E-state index >= 15 is 0 Å². The molecule has 1 heterocycles. The van der Waals surface area contributed by atoms with E-state index in [-0.39, 0.29) is 29.5 Å². The number of anilines is 2. The molecule has 7 nitrogen and oxygen atoms in total. The molecule has 3 aromatic rings. The highest BCUT2D eigenvalue weighted by Gasteiger charge is 2.13. The molecule has 0 radical (unpaired) electrons. The molecule has 0 aliphatic heterocycles. The predicted octanol–water partition coefficient (Wildman–Crippen LogP) is 3.30. The molecule has 0 saturated carbocycles. The van der Waals surface area contributed by atoms with Crippen molar-refractivity contribution in [1.82, 2.24) is 9.97 Å². The number of hydrogen-bond acceptors (Lipinski definition) is 5. The Hall–Kier alpha value is -3.74. The van der Waals surface area contributed by atoms with E-state index in [1.807, 2.05) is 25.1 Å². The van der Waals surface area contributed by atoms with Crippen LogP contribution in [0.3, 0.4) is 0 Å². The number of amides is 2. The summed E-state index contributed by atoms with van der Waals surface area (Å²) in [7, 11) is 1.44. The summed E-state index contributed by atoms with van der Waals surface area (Å²) in [6.07, 6.45) is 0. The Labute approximate surface area is 156 Å². The lowest BCUT2D eigenvalue weighted by atomic mass is 10.1. The fourth-order valence-electron chi connectivity index (χ4n) is 2.31. The summed E-state index contributed by atoms with van der Waals surface area (Å²) in [6, 6.07) is 17.3. The Morgan fingerprint density at radius 1 is 0.852 bits per heavy atom. The van der Waals surface area contributed by atoms with E-state index in [9.17, 15) is 9.59 Å². The van der Waals surface area contributed by atoms with Crippen molar-refractivity contribution in [3.8, 4) is 5.88 Å². The summed E-state index contributed by atoms with van der Waals surface area (Å²) in [5.41, 5.74) is 2.02. The predicted molar refractivity (Wildman–Crippen MR) is 102 cm³/mol. The summed E-state index contributed by atoms with van der Waals surface area (Å²) >= 11 is 0. The zero-order valence-corrected chi connectivity index (χ0v) is 14.9. The Morgan fingerprint density at radius 2 is 1.48 bits per heavy atom. The highest BCUT2D eigenvalue weighted by Crippen LogP contribution is 2.17. The molecule has 0 bridgehead atoms. The van der Waals surface area contributed by atoms with Gasteiger partial charge in [-0.05, 0) is 31.2 Å². The van der Waals surface area contributed by atoms with Crippen LogP contribution in [0.5, 0.6) is 5.88 Å². The first kappa shape index (κ1) is 18.1. The molecule has 2 N–H and O–H groups in total. The van der Waals surface area contributed by atoms with E-state index < -0.39 is 0 Å². The van der Waals surface area contributed by atoms with Crippen LogP contribution in [-0.4, -0.2) is 28.9 Å². The van der Waals surface area contributed by atoms with Gasteiger partial charge in [-0.3, -0.25) is 14.9 Å². The molecule has 0 saturated heterocycles. The van der Waals surface area contributed by atoms with Crippen molar-refractivity contribution in [3.63, 3.8) is 0 Å². The maximum Gasteiger partial charge on any atom is 0.258 e. The molecular weight excluding hydrogens is 344 g/mol. The number of aromatic nitrogens is 2. The number of hydrogen-bond donors (Lipinski definition) is 2. The third kappa shape index (κ3) is 4.66. The van der Waals surface area contributed by atoms with Gasteiger partial charge in [0.1, 0.15) is 5.82 Å². The second-order valence-corrected chi connectivity index (χ2v) is 5.76. The van der Waals surface area contributed by atoms with E-state index in [1.54, 1.807) is 36.4 Å². The molecule has 7 heteroatoms. The van der Waals surface area contributed by atoms with Crippen LogP contribution in [0, 0.1) is 6.92 Å². The highest BCUT2D eigenvalue weighted by atomic mass is 16.5. The van der Waals surface area contributed by atoms with Gasteiger partial charge in [0.05, 0.1) is 7.11 Å². The minimum atomic E-state index is -0.361. The lowest BCUT2D eigenvalue weighted by Crippen LogP contribution is -2.17. The van der Waals surface area contributed by atoms with Gasteiger partial charge in [-0.2, -0.15) is 9.97 Å². The van der Waals surface area contributed by atoms with Crippen molar-refractivity contribution in [3.05, 3.63) is 77.4 Å². The minimum Gasteiger partial charge on any atom is -0.481 e. The molecule has 0 spiro atoms. The van der Waals surface area contributed by atoms with Gasteiger partial charge in [0.15, 0.2) is 0 Å². The fraction of sp³-hybridized carbons (Fsp3) is 0.100. The van der Waals surface area contributed by atoms with E-state index in [0.29, 0.717) is 11.1 Å². The molecule has 0 fully saturated rings. The lowest BCUT2D eigenvalue weighted by Gasteiger charge is -2.10. The number of nitrogens with one attached hydrogen (secondary N) is 2. The van der Waals surface area contributed by atoms with Gasteiger partial charge >= 0.3 is 0 Å². The van der Waals surface area contributed by atoms with Gasteiger partial charge < -0.3 is 10.1 Å². The summed E-state index contributed by atoms with van der Waals surface area (Å²) in [4.78, 5) is 32.9. The number of rotatable bonds is 5. The standard InChI is InChI=1S/C20H18N4O3/c1-13-8-10-15(11-9-13)18(25)21-16-12-17(27-2)23-20(22-16)24-19(26)14-6-4-3-5-7-14/h3-12H,1-2H3,(H2,21,22,23,24,25,26). The highest BCUT2D eigenvalue weighted by molar-refractivity contribution is 6.05. The Balaban J connectivity index is 1.80. The third-order valence-corrected chi connectivity index (χ3v) is 3.73. The second kappa shape index (κ2) is 8.09. The van der Waals surface area contributed by atoms with Crippen molar-refractivity contribution in [2.45, 2.75) is 6.92 Å². The number of methoxy groups -OCH3 is 1. The number of ether oxygens (including phenoxy) is 1. The zero-order valence-electron chi connectivity index (χ0n) is 14.9. The van der Waals surface area contributed by atoms with E-state index in [0.717, 1.165) is 5.56 Å². The monoisotopic (exact) mass is 362 g/mol. The second-order valence-electron chi connectivity index (χ2n) is 5.76. The number of aryl methyl sites for hydroxylation is 1. The largest absolute Gasteiger partial charge is 0.481 e. The van der Waals surface area contributed by atoms with Gasteiger partial charge in [-0.25, -0.2) is 0 Å². The van der Waals surface area contributed by atoms with Crippen LogP contribution in [0.2, 0.25) is 0 Å². The first-order valence-electron chi connectivity index (χ1n) is 8.22. The first-order chi connectivity index (χ1) is 13.0. The van der Waals surface area contributed by atoms with Crippen molar-refractivity contribution in [1.29, 1.82) is 0 Å². The van der Waals surface area contributed by atoms with Gasteiger partial charge in [0, 0.05) is 17.2 Å².